The molecule has 2 N–H and O–H groups in total. The van der Waals surface area contributed by atoms with Crippen LogP contribution in [0.15, 0.2) is 29.3 Å². The molecule has 0 saturated heterocycles. The molecular weight excluding hydrogens is 340 g/mol. The summed E-state index contributed by atoms with van der Waals surface area (Å²) in [4.78, 5) is 4.79. The minimum Gasteiger partial charge on any atom is -0.497 e. The molecule has 0 bridgehead atoms. The van der Waals surface area contributed by atoms with E-state index in [-0.39, 0.29) is 0 Å². The summed E-state index contributed by atoms with van der Waals surface area (Å²) in [7, 11) is 3.66. The van der Waals surface area contributed by atoms with Crippen molar-refractivity contribution in [3.05, 3.63) is 41.5 Å². The highest BCUT2D eigenvalue weighted by Gasteiger charge is 2.15. The number of aryl methyl sites for hydroxylation is 1. The largest absolute Gasteiger partial charge is 0.497 e. The lowest BCUT2D eigenvalue weighted by atomic mass is 9.96. The fourth-order valence-electron chi connectivity index (χ4n) is 3.26. The van der Waals surface area contributed by atoms with Gasteiger partial charge in [0, 0.05) is 13.1 Å². The third-order valence-corrected chi connectivity index (χ3v) is 5.12. The number of hydrogen-bond donors (Lipinski definition) is 2. The van der Waals surface area contributed by atoms with E-state index in [1.807, 2.05) is 42.8 Å². The molecule has 0 spiro atoms. The second-order valence-electron chi connectivity index (χ2n) is 7.07. The Balaban J connectivity index is 1.66. The maximum absolute atomic E-state index is 5.22. The van der Waals surface area contributed by atoms with E-state index in [9.17, 15) is 0 Å². The van der Waals surface area contributed by atoms with Crippen LogP contribution in [-0.2, 0) is 20.1 Å². The van der Waals surface area contributed by atoms with Gasteiger partial charge in [-0.25, -0.2) is 4.99 Å². The predicted octanol–water partition coefficient (Wildman–Crippen LogP) is 2.70. The van der Waals surface area contributed by atoms with Crippen molar-refractivity contribution in [3.8, 4) is 5.75 Å². The highest BCUT2D eigenvalue weighted by atomic mass is 16.5. The molecule has 0 amide bonds. The molecule has 7 heteroatoms. The van der Waals surface area contributed by atoms with Crippen LogP contribution in [0.25, 0.3) is 0 Å². The Morgan fingerprint density at radius 3 is 2.56 bits per heavy atom. The highest BCUT2D eigenvalue weighted by Crippen LogP contribution is 2.17. The van der Waals surface area contributed by atoms with E-state index in [0.29, 0.717) is 19.1 Å². The molecular formula is C20H30N6O. The van der Waals surface area contributed by atoms with Gasteiger partial charge >= 0.3 is 0 Å². The zero-order valence-corrected chi connectivity index (χ0v) is 16.5. The number of nitrogens with one attached hydrogen (secondary N) is 2. The lowest BCUT2D eigenvalue weighted by Gasteiger charge is -2.25. The molecule has 3 rings (SSSR count). The van der Waals surface area contributed by atoms with E-state index in [2.05, 4.69) is 20.8 Å². The first-order valence-electron chi connectivity index (χ1n) is 9.68. The van der Waals surface area contributed by atoms with E-state index in [1.54, 1.807) is 7.11 Å². The summed E-state index contributed by atoms with van der Waals surface area (Å²) < 4.78 is 7.22. The number of benzene rings is 1. The highest BCUT2D eigenvalue weighted by molar-refractivity contribution is 5.80. The van der Waals surface area contributed by atoms with Gasteiger partial charge in [-0.2, -0.15) is 0 Å². The van der Waals surface area contributed by atoms with Crippen molar-refractivity contribution in [2.24, 2.45) is 12.0 Å². The SMILES string of the molecule is COc1ccc(CN=C(NCc2nnc(C)n2C)NC2CCCCC2)cc1. The molecule has 2 aromatic rings. The standard InChI is InChI=1S/C20H30N6O/c1-15-24-25-19(26(15)2)14-22-20(23-17-7-5-4-6-8-17)21-13-16-9-11-18(27-3)12-10-16/h9-12,17H,4-8,13-14H2,1-3H3,(H2,21,22,23). The third-order valence-electron chi connectivity index (χ3n) is 5.12. The molecule has 1 fully saturated rings. The van der Waals surface area contributed by atoms with Crippen molar-refractivity contribution in [2.75, 3.05) is 7.11 Å². The maximum atomic E-state index is 5.22. The van der Waals surface area contributed by atoms with Crippen molar-refractivity contribution in [1.29, 1.82) is 0 Å². The van der Waals surface area contributed by atoms with E-state index in [4.69, 9.17) is 9.73 Å². The van der Waals surface area contributed by atoms with Gasteiger partial charge in [-0.15, -0.1) is 10.2 Å². The Morgan fingerprint density at radius 2 is 1.93 bits per heavy atom. The molecule has 1 aliphatic carbocycles. The third kappa shape index (κ3) is 5.45. The molecule has 7 nitrogen and oxygen atoms in total. The van der Waals surface area contributed by atoms with Crippen LogP contribution in [0, 0.1) is 6.92 Å². The van der Waals surface area contributed by atoms with Crippen LogP contribution >= 0.6 is 0 Å². The van der Waals surface area contributed by atoms with E-state index >= 15 is 0 Å². The summed E-state index contributed by atoms with van der Waals surface area (Å²) >= 11 is 0. The van der Waals surface area contributed by atoms with E-state index < -0.39 is 0 Å². The summed E-state index contributed by atoms with van der Waals surface area (Å²) in [5, 5.41) is 15.4. The number of ether oxygens (including phenoxy) is 1. The number of aromatic nitrogens is 3. The summed E-state index contributed by atoms with van der Waals surface area (Å²) in [6.45, 7) is 3.16. The van der Waals surface area contributed by atoms with Gasteiger partial charge < -0.3 is 19.9 Å². The number of rotatable bonds is 6. The van der Waals surface area contributed by atoms with Crippen LogP contribution in [0.2, 0.25) is 0 Å². The number of hydrogen-bond acceptors (Lipinski definition) is 4. The molecule has 1 aromatic heterocycles. The first kappa shape index (κ1) is 19.2. The maximum Gasteiger partial charge on any atom is 0.192 e. The van der Waals surface area contributed by atoms with Crippen molar-refractivity contribution < 1.29 is 4.74 Å². The smallest absolute Gasteiger partial charge is 0.192 e. The zero-order valence-electron chi connectivity index (χ0n) is 16.5. The molecule has 0 atom stereocenters. The lowest BCUT2D eigenvalue weighted by molar-refractivity contribution is 0.409. The van der Waals surface area contributed by atoms with Crippen LogP contribution in [0.3, 0.4) is 0 Å². The van der Waals surface area contributed by atoms with Gasteiger partial charge in [0.1, 0.15) is 11.6 Å². The Morgan fingerprint density at radius 1 is 1.19 bits per heavy atom. The summed E-state index contributed by atoms with van der Waals surface area (Å²) in [5.41, 5.74) is 1.15. The molecule has 0 aliphatic heterocycles. The van der Waals surface area contributed by atoms with Crippen molar-refractivity contribution in [1.82, 2.24) is 25.4 Å². The molecule has 1 aliphatic rings. The lowest BCUT2D eigenvalue weighted by Crippen LogP contribution is -2.44. The van der Waals surface area contributed by atoms with Crippen molar-refractivity contribution in [3.63, 3.8) is 0 Å². The second-order valence-corrected chi connectivity index (χ2v) is 7.07. The monoisotopic (exact) mass is 370 g/mol. The predicted molar refractivity (Wildman–Crippen MR) is 107 cm³/mol. The first-order chi connectivity index (χ1) is 13.2. The van der Waals surface area contributed by atoms with Gasteiger partial charge in [0.15, 0.2) is 11.8 Å². The topological polar surface area (TPSA) is 76.4 Å². The van der Waals surface area contributed by atoms with Gasteiger partial charge in [-0.05, 0) is 37.5 Å². The Labute approximate surface area is 161 Å². The summed E-state index contributed by atoms with van der Waals surface area (Å²) in [6.07, 6.45) is 6.30. The number of nitrogens with zero attached hydrogens (tertiary/aromatic N) is 4. The van der Waals surface area contributed by atoms with E-state index in [0.717, 1.165) is 28.9 Å². The quantitative estimate of drug-likeness (QED) is 0.604. The molecule has 1 aromatic carbocycles. The van der Waals surface area contributed by atoms with Crippen LogP contribution in [0.1, 0.15) is 49.3 Å². The molecule has 27 heavy (non-hydrogen) atoms. The van der Waals surface area contributed by atoms with Crippen LogP contribution in [0.5, 0.6) is 5.75 Å². The van der Waals surface area contributed by atoms with Crippen LogP contribution in [0.4, 0.5) is 0 Å². The van der Waals surface area contributed by atoms with Crippen molar-refractivity contribution in [2.45, 2.75) is 58.2 Å². The minimum atomic E-state index is 0.488. The molecule has 0 unspecified atom stereocenters. The average Bonchev–Trinajstić information content (AvgIpc) is 3.03. The first-order valence-corrected chi connectivity index (χ1v) is 9.68. The van der Waals surface area contributed by atoms with Gasteiger partial charge in [0.25, 0.3) is 0 Å². The van der Waals surface area contributed by atoms with Crippen LogP contribution in [-0.4, -0.2) is 33.9 Å². The number of aliphatic imine (C=N–C) groups is 1. The number of methoxy groups -OCH3 is 1. The van der Waals surface area contributed by atoms with Gasteiger partial charge in [0.05, 0.1) is 20.2 Å². The van der Waals surface area contributed by atoms with Gasteiger partial charge in [-0.1, -0.05) is 31.4 Å². The Bertz CT molecular complexity index is 746. The van der Waals surface area contributed by atoms with Crippen molar-refractivity contribution >= 4 is 5.96 Å². The van der Waals surface area contributed by atoms with Gasteiger partial charge in [-0.3, -0.25) is 0 Å². The summed E-state index contributed by atoms with van der Waals surface area (Å²) in [5.74, 6) is 3.50. The average molecular weight is 371 g/mol. The summed E-state index contributed by atoms with van der Waals surface area (Å²) in [6, 6.07) is 8.52. The number of guanidine groups is 1. The Kier molecular flexibility index (Phi) is 6.68. The minimum absolute atomic E-state index is 0.488. The van der Waals surface area contributed by atoms with Crippen LogP contribution < -0.4 is 15.4 Å². The molecule has 1 saturated carbocycles. The normalized spacial score (nSPS) is 15.6. The van der Waals surface area contributed by atoms with Gasteiger partial charge in [0.2, 0.25) is 0 Å². The Hall–Kier alpha value is -2.57. The fraction of sp³-hybridized carbons (Fsp3) is 0.550. The molecule has 0 radical (unpaired) electrons. The molecule has 146 valence electrons. The molecule has 1 heterocycles. The zero-order chi connectivity index (χ0) is 19.1. The second kappa shape index (κ2) is 9.39. The fourth-order valence-corrected chi connectivity index (χ4v) is 3.26. The van der Waals surface area contributed by atoms with E-state index in [1.165, 1.54) is 32.1 Å².